The van der Waals surface area contributed by atoms with E-state index in [-0.39, 0.29) is 6.04 Å². The summed E-state index contributed by atoms with van der Waals surface area (Å²) in [5.74, 6) is 0. The minimum Gasteiger partial charge on any atom is -0.368 e. The highest BCUT2D eigenvalue weighted by Crippen LogP contribution is 2.24. The molecule has 2 rings (SSSR count). The number of hydrogen-bond donors (Lipinski definition) is 1. The molecule has 16 heavy (non-hydrogen) atoms. The Morgan fingerprint density at radius 1 is 1.44 bits per heavy atom. The number of pyridine rings is 1. The highest BCUT2D eigenvalue weighted by molar-refractivity contribution is 5.46. The van der Waals surface area contributed by atoms with E-state index in [1.165, 1.54) is 24.9 Å². The van der Waals surface area contributed by atoms with E-state index in [9.17, 15) is 0 Å². The number of hydrogen-bond acceptors (Lipinski definition) is 3. The van der Waals surface area contributed by atoms with E-state index in [2.05, 4.69) is 22.9 Å². The maximum absolute atomic E-state index is 5.79. The maximum Gasteiger partial charge on any atom is 0.0569 e. The summed E-state index contributed by atoms with van der Waals surface area (Å²) in [5.41, 5.74) is 7.99. The van der Waals surface area contributed by atoms with Crippen molar-refractivity contribution in [1.29, 1.82) is 0 Å². The summed E-state index contributed by atoms with van der Waals surface area (Å²) in [6.07, 6.45) is 5.89. The van der Waals surface area contributed by atoms with Crippen LogP contribution in [0.15, 0.2) is 18.3 Å². The minimum absolute atomic E-state index is 0.0211. The molecular weight excluding hydrogens is 198 g/mol. The molecule has 1 saturated heterocycles. The third-order valence-electron chi connectivity index (χ3n) is 3.37. The van der Waals surface area contributed by atoms with Crippen molar-refractivity contribution >= 4 is 5.69 Å². The van der Waals surface area contributed by atoms with Gasteiger partial charge in [-0.1, -0.05) is 0 Å². The molecule has 0 aliphatic carbocycles. The summed E-state index contributed by atoms with van der Waals surface area (Å²) >= 11 is 0. The van der Waals surface area contributed by atoms with Crippen LogP contribution >= 0.6 is 0 Å². The van der Waals surface area contributed by atoms with Crippen molar-refractivity contribution in [2.45, 2.75) is 45.2 Å². The molecule has 1 fully saturated rings. The van der Waals surface area contributed by atoms with Gasteiger partial charge in [0.25, 0.3) is 0 Å². The molecule has 1 aliphatic heterocycles. The monoisotopic (exact) mass is 219 g/mol. The molecule has 0 bridgehead atoms. The lowest BCUT2D eigenvalue weighted by atomic mass is 10.0. The largest absolute Gasteiger partial charge is 0.368 e. The van der Waals surface area contributed by atoms with Gasteiger partial charge in [0.05, 0.1) is 17.6 Å². The quantitative estimate of drug-likeness (QED) is 0.831. The van der Waals surface area contributed by atoms with Gasteiger partial charge in [0.1, 0.15) is 0 Å². The molecule has 0 saturated carbocycles. The Morgan fingerprint density at radius 3 is 2.81 bits per heavy atom. The standard InChI is InChI=1S/C13H21N3/c1-10-5-3-4-8-16(10)12-6-7-13(11(2)14)15-9-12/h6-7,9-11H,3-5,8,14H2,1-2H3. The van der Waals surface area contributed by atoms with Gasteiger partial charge >= 0.3 is 0 Å². The average molecular weight is 219 g/mol. The van der Waals surface area contributed by atoms with Crippen molar-refractivity contribution < 1.29 is 0 Å². The molecule has 2 heterocycles. The molecular formula is C13H21N3. The van der Waals surface area contributed by atoms with E-state index >= 15 is 0 Å². The van der Waals surface area contributed by atoms with E-state index in [1.807, 2.05) is 19.2 Å². The van der Waals surface area contributed by atoms with Crippen LogP contribution in [0.2, 0.25) is 0 Å². The maximum atomic E-state index is 5.79. The third kappa shape index (κ3) is 2.35. The average Bonchev–Trinajstić information content (AvgIpc) is 2.30. The Labute approximate surface area is 97.7 Å². The molecule has 0 amide bonds. The Bertz CT molecular complexity index is 332. The van der Waals surface area contributed by atoms with Crippen LogP contribution in [-0.2, 0) is 0 Å². The SMILES string of the molecule is CC(N)c1ccc(N2CCCCC2C)cn1. The molecule has 88 valence electrons. The van der Waals surface area contributed by atoms with Crippen molar-refractivity contribution in [2.75, 3.05) is 11.4 Å². The molecule has 1 aliphatic rings. The first-order valence-electron chi connectivity index (χ1n) is 6.16. The van der Waals surface area contributed by atoms with E-state index in [0.29, 0.717) is 6.04 Å². The van der Waals surface area contributed by atoms with E-state index < -0.39 is 0 Å². The second-order valence-corrected chi connectivity index (χ2v) is 4.77. The molecule has 0 spiro atoms. The van der Waals surface area contributed by atoms with Crippen molar-refractivity contribution in [3.05, 3.63) is 24.0 Å². The van der Waals surface area contributed by atoms with Crippen LogP contribution in [0, 0.1) is 0 Å². The van der Waals surface area contributed by atoms with Gasteiger partial charge in [0, 0.05) is 18.6 Å². The van der Waals surface area contributed by atoms with Gasteiger partial charge in [-0.25, -0.2) is 0 Å². The Morgan fingerprint density at radius 2 is 2.25 bits per heavy atom. The second kappa shape index (κ2) is 4.83. The Balaban J connectivity index is 2.14. The van der Waals surface area contributed by atoms with Crippen LogP contribution in [0.1, 0.15) is 44.8 Å². The first-order valence-corrected chi connectivity index (χ1v) is 6.16. The zero-order valence-electron chi connectivity index (χ0n) is 10.2. The number of nitrogens with two attached hydrogens (primary N) is 1. The summed E-state index contributed by atoms with van der Waals surface area (Å²) in [6.45, 7) is 5.41. The van der Waals surface area contributed by atoms with Crippen LogP contribution < -0.4 is 10.6 Å². The van der Waals surface area contributed by atoms with Crippen molar-refractivity contribution in [3.63, 3.8) is 0 Å². The van der Waals surface area contributed by atoms with Crippen molar-refractivity contribution in [2.24, 2.45) is 5.73 Å². The van der Waals surface area contributed by atoms with Crippen LogP contribution in [-0.4, -0.2) is 17.6 Å². The van der Waals surface area contributed by atoms with Gasteiger partial charge in [-0.15, -0.1) is 0 Å². The normalized spacial score (nSPS) is 23.2. The number of aromatic nitrogens is 1. The van der Waals surface area contributed by atoms with Gasteiger partial charge in [-0.2, -0.15) is 0 Å². The molecule has 1 aromatic rings. The van der Waals surface area contributed by atoms with Gasteiger partial charge in [0.15, 0.2) is 0 Å². The molecule has 0 aromatic carbocycles. The van der Waals surface area contributed by atoms with Gasteiger partial charge in [-0.3, -0.25) is 4.98 Å². The van der Waals surface area contributed by atoms with Crippen LogP contribution in [0.25, 0.3) is 0 Å². The molecule has 3 nitrogen and oxygen atoms in total. The first-order chi connectivity index (χ1) is 7.68. The zero-order chi connectivity index (χ0) is 11.5. The number of nitrogens with zero attached hydrogens (tertiary/aromatic N) is 2. The van der Waals surface area contributed by atoms with E-state index in [0.717, 1.165) is 12.2 Å². The smallest absolute Gasteiger partial charge is 0.0569 e. The fourth-order valence-corrected chi connectivity index (χ4v) is 2.32. The molecule has 2 unspecified atom stereocenters. The predicted octanol–water partition coefficient (Wildman–Crippen LogP) is 2.48. The van der Waals surface area contributed by atoms with Gasteiger partial charge in [-0.05, 0) is 45.2 Å². The minimum atomic E-state index is 0.0211. The fourth-order valence-electron chi connectivity index (χ4n) is 2.32. The number of anilines is 1. The molecule has 0 radical (unpaired) electrons. The lowest BCUT2D eigenvalue weighted by molar-refractivity contribution is 0.484. The highest BCUT2D eigenvalue weighted by atomic mass is 15.2. The molecule has 2 N–H and O–H groups in total. The Kier molecular flexibility index (Phi) is 3.44. The number of rotatable bonds is 2. The summed E-state index contributed by atoms with van der Waals surface area (Å²) in [7, 11) is 0. The van der Waals surface area contributed by atoms with Crippen molar-refractivity contribution in [3.8, 4) is 0 Å². The zero-order valence-corrected chi connectivity index (χ0v) is 10.2. The lowest BCUT2D eigenvalue weighted by Gasteiger charge is -2.35. The van der Waals surface area contributed by atoms with Gasteiger partial charge < -0.3 is 10.6 Å². The topological polar surface area (TPSA) is 42.1 Å². The predicted molar refractivity (Wildman–Crippen MR) is 67.5 cm³/mol. The fraction of sp³-hybridized carbons (Fsp3) is 0.615. The van der Waals surface area contributed by atoms with E-state index in [4.69, 9.17) is 5.73 Å². The molecule has 2 atom stereocenters. The second-order valence-electron chi connectivity index (χ2n) is 4.77. The third-order valence-corrected chi connectivity index (χ3v) is 3.37. The summed E-state index contributed by atoms with van der Waals surface area (Å²) in [5, 5.41) is 0. The van der Waals surface area contributed by atoms with E-state index in [1.54, 1.807) is 0 Å². The van der Waals surface area contributed by atoms with Crippen LogP contribution in [0.5, 0.6) is 0 Å². The lowest BCUT2D eigenvalue weighted by Crippen LogP contribution is -2.37. The molecule has 1 aromatic heterocycles. The summed E-state index contributed by atoms with van der Waals surface area (Å²) < 4.78 is 0. The molecule has 3 heteroatoms. The van der Waals surface area contributed by atoms with Crippen LogP contribution in [0.3, 0.4) is 0 Å². The Hall–Kier alpha value is -1.09. The summed E-state index contributed by atoms with van der Waals surface area (Å²) in [4.78, 5) is 6.87. The van der Waals surface area contributed by atoms with Gasteiger partial charge in [0.2, 0.25) is 0 Å². The van der Waals surface area contributed by atoms with Crippen LogP contribution in [0.4, 0.5) is 5.69 Å². The summed E-state index contributed by atoms with van der Waals surface area (Å²) in [6, 6.07) is 4.85. The number of piperidine rings is 1. The highest BCUT2D eigenvalue weighted by Gasteiger charge is 2.18. The first kappa shape index (κ1) is 11.4. The van der Waals surface area contributed by atoms with Crippen molar-refractivity contribution in [1.82, 2.24) is 4.98 Å².